The minimum absolute atomic E-state index is 0.0766. The highest BCUT2D eigenvalue weighted by Gasteiger charge is 2.00. The lowest BCUT2D eigenvalue weighted by molar-refractivity contribution is -0.123. The van der Waals surface area contributed by atoms with Crippen LogP contribution in [0.15, 0.2) is 58.4 Å². The normalized spacial score (nSPS) is 10.4. The first-order valence-corrected chi connectivity index (χ1v) is 5.36. The van der Waals surface area contributed by atoms with Gasteiger partial charge in [-0.3, -0.25) is 4.79 Å². The SMILES string of the molecule is O=C(COc1ccccc1)N/N=C/c1ccoc1. The number of hydrogen-bond acceptors (Lipinski definition) is 4. The van der Waals surface area contributed by atoms with Crippen LogP contribution >= 0.6 is 0 Å². The maximum Gasteiger partial charge on any atom is 0.277 e. The second kappa shape index (κ2) is 6.24. The van der Waals surface area contributed by atoms with Gasteiger partial charge in [-0.15, -0.1) is 0 Å². The van der Waals surface area contributed by atoms with Crippen LogP contribution in [-0.2, 0) is 4.79 Å². The molecule has 1 N–H and O–H groups in total. The predicted molar refractivity (Wildman–Crippen MR) is 66.4 cm³/mol. The summed E-state index contributed by atoms with van der Waals surface area (Å²) in [6.07, 6.45) is 4.54. The first kappa shape index (κ1) is 11.9. The summed E-state index contributed by atoms with van der Waals surface area (Å²) in [5.41, 5.74) is 3.13. The Kier molecular flexibility index (Phi) is 4.13. The molecule has 18 heavy (non-hydrogen) atoms. The molecule has 0 atom stereocenters. The summed E-state index contributed by atoms with van der Waals surface area (Å²) in [6.45, 7) is -0.0766. The number of nitrogens with one attached hydrogen (secondary N) is 1. The monoisotopic (exact) mass is 244 g/mol. The third-order valence-electron chi connectivity index (χ3n) is 2.06. The molecule has 0 aliphatic heterocycles. The average molecular weight is 244 g/mol. The molecule has 0 aliphatic rings. The van der Waals surface area contributed by atoms with Crippen molar-refractivity contribution in [2.24, 2.45) is 5.10 Å². The number of benzene rings is 1. The van der Waals surface area contributed by atoms with E-state index in [-0.39, 0.29) is 12.5 Å². The number of ether oxygens (including phenoxy) is 1. The van der Waals surface area contributed by atoms with Crippen molar-refractivity contribution in [3.05, 3.63) is 54.5 Å². The molecule has 1 amide bonds. The summed E-state index contributed by atoms with van der Waals surface area (Å²) in [7, 11) is 0. The number of hydrazone groups is 1. The van der Waals surface area contributed by atoms with E-state index in [4.69, 9.17) is 9.15 Å². The lowest BCUT2D eigenvalue weighted by Gasteiger charge is -2.03. The molecule has 5 heteroatoms. The Morgan fingerprint density at radius 2 is 2.17 bits per heavy atom. The van der Waals surface area contributed by atoms with Crippen molar-refractivity contribution in [1.82, 2.24) is 5.43 Å². The molecular weight excluding hydrogens is 232 g/mol. The van der Waals surface area contributed by atoms with Crippen LogP contribution < -0.4 is 10.2 Å². The first-order valence-electron chi connectivity index (χ1n) is 5.36. The second-order valence-corrected chi connectivity index (χ2v) is 3.45. The van der Waals surface area contributed by atoms with Gasteiger partial charge in [0.1, 0.15) is 5.75 Å². The molecule has 2 aromatic rings. The van der Waals surface area contributed by atoms with Crippen LogP contribution in [0.25, 0.3) is 0 Å². The van der Waals surface area contributed by atoms with Gasteiger partial charge in [0, 0.05) is 5.56 Å². The Morgan fingerprint density at radius 3 is 2.89 bits per heavy atom. The van der Waals surface area contributed by atoms with E-state index in [0.29, 0.717) is 5.75 Å². The molecule has 5 nitrogen and oxygen atoms in total. The number of nitrogens with zero attached hydrogens (tertiary/aromatic N) is 1. The van der Waals surface area contributed by atoms with Gasteiger partial charge in [0.15, 0.2) is 6.61 Å². The summed E-state index contributed by atoms with van der Waals surface area (Å²) >= 11 is 0. The summed E-state index contributed by atoms with van der Waals surface area (Å²) in [6, 6.07) is 10.8. The Balaban J connectivity index is 1.73. The Bertz CT molecular complexity index is 506. The van der Waals surface area contributed by atoms with Crippen LogP contribution in [0.2, 0.25) is 0 Å². The number of furan rings is 1. The fourth-order valence-electron chi connectivity index (χ4n) is 1.23. The Hall–Kier alpha value is -2.56. The van der Waals surface area contributed by atoms with E-state index in [1.165, 1.54) is 18.7 Å². The molecular formula is C13H12N2O3. The van der Waals surface area contributed by atoms with Crippen molar-refractivity contribution in [3.63, 3.8) is 0 Å². The Morgan fingerprint density at radius 1 is 1.33 bits per heavy atom. The van der Waals surface area contributed by atoms with Crippen LogP contribution in [0.4, 0.5) is 0 Å². The average Bonchev–Trinajstić information content (AvgIpc) is 2.91. The van der Waals surface area contributed by atoms with Gasteiger partial charge in [0.05, 0.1) is 18.7 Å². The molecule has 1 heterocycles. The number of rotatable bonds is 5. The zero-order valence-corrected chi connectivity index (χ0v) is 9.58. The van der Waals surface area contributed by atoms with Crippen molar-refractivity contribution in [2.45, 2.75) is 0 Å². The van der Waals surface area contributed by atoms with Crippen molar-refractivity contribution in [1.29, 1.82) is 0 Å². The van der Waals surface area contributed by atoms with Gasteiger partial charge in [0.25, 0.3) is 5.91 Å². The van der Waals surface area contributed by atoms with Crippen molar-refractivity contribution in [3.8, 4) is 5.75 Å². The zero-order chi connectivity index (χ0) is 12.6. The van der Waals surface area contributed by atoms with Gasteiger partial charge in [-0.05, 0) is 18.2 Å². The standard InChI is InChI=1S/C13H12N2O3/c16-13(10-18-12-4-2-1-3-5-12)15-14-8-11-6-7-17-9-11/h1-9H,10H2,(H,15,16)/b14-8+. The van der Waals surface area contributed by atoms with Crippen LogP contribution in [0, 0.1) is 0 Å². The third kappa shape index (κ3) is 3.79. The smallest absolute Gasteiger partial charge is 0.277 e. The number of hydrogen-bond donors (Lipinski definition) is 1. The maximum absolute atomic E-state index is 11.4. The highest BCUT2D eigenvalue weighted by molar-refractivity contribution is 5.82. The molecule has 0 unspecified atom stereocenters. The largest absolute Gasteiger partial charge is 0.484 e. The number of para-hydroxylation sites is 1. The van der Waals surface area contributed by atoms with Gasteiger partial charge >= 0.3 is 0 Å². The zero-order valence-electron chi connectivity index (χ0n) is 9.58. The topological polar surface area (TPSA) is 63.8 Å². The minimum atomic E-state index is -0.321. The highest BCUT2D eigenvalue weighted by Crippen LogP contribution is 2.07. The molecule has 0 saturated heterocycles. The van der Waals surface area contributed by atoms with Gasteiger partial charge in [-0.25, -0.2) is 5.43 Å². The van der Waals surface area contributed by atoms with E-state index in [2.05, 4.69) is 10.5 Å². The van der Waals surface area contributed by atoms with E-state index in [1.807, 2.05) is 18.2 Å². The summed E-state index contributed by atoms with van der Waals surface area (Å²) in [5, 5.41) is 3.76. The first-order chi connectivity index (χ1) is 8.84. The van der Waals surface area contributed by atoms with Crippen LogP contribution in [0.3, 0.4) is 0 Å². The molecule has 0 fully saturated rings. The number of carbonyl (C=O) groups is 1. The lowest BCUT2D eigenvalue weighted by Crippen LogP contribution is -2.24. The second-order valence-electron chi connectivity index (χ2n) is 3.45. The van der Waals surface area contributed by atoms with Crippen molar-refractivity contribution < 1.29 is 13.9 Å². The Labute approximate surface area is 104 Å². The fourth-order valence-corrected chi connectivity index (χ4v) is 1.23. The van der Waals surface area contributed by atoms with Crippen molar-refractivity contribution in [2.75, 3.05) is 6.61 Å². The number of amides is 1. The maximum atomic E-state index is 11.4. The van der Waals surface area contributed by atoms with E-state index in [9.17, 15) is 4.79 Å². The fraction of sp³-hybridized carbons (Fsp3) is 0.0769. The molecule has 92 valence electrons. The van der Waals surface area contributed by atoms with E-state index >= 15 is 0 Å². The molecule has 0 bridgehead atoms. The quantitative estimate of drug-likeness (QED) is 0.644. The summed E-state index contributed by atoms with van der Waals surface area (Å²) < 4.78 is 10.1. The predicted octanol–water partition coefficient (Wildman–Crippen LogP) is 1.81. The molecule has 0 saturated carbocycles. The van der Waals surface area contributed by atoms with E-state index < -0.39 is 0 Å². The molecule has 0 spiro atoms. The summed E-state index contributed by atoms with van der Waals surface area (Å²) in [4.78, 5) is 11.4. The number of carbonyl (C=O) groups excluding carboxylic acids is 1. The van der Waals surface area contributed by atoms with E-state index in [1.54, 1.807) is 18.2 Å². The van der Waals surface area contributed by atoms with Crippen molar-refractivity contribution >= 4 is 12.1 Å². The van der Waals surface area contributed by atoms with Crippen LogP contribution in [0.1, 0.15) is 5.56 Å². The molecule has 0 aliphatic carbocycles. The van der Waals surface area contributed by atoms with Gasteiger partial charge in [0.2, 0.25) is 0 Å². The molecule has 2 rings (SSSR count). The lowest BCUT2D eigenvalue weighted by atomic mass is 10.3. The van der Waals surface area contributed by atoms with E-state index in [0.717, 1.165) is 5.56 Å². The van der Waals surface area contributed by atoms with Gasteiger partial charge in [-0.1, -0.05) is 18.2 Å². The van der Waals surface area contributed by atoms with Gasteiger partial charge < -0.3 is 9.15 Å². The molecule has 0 radical (unpaired) electrons. The third-order valence-corrected chi connectivity index (χ3v) is 2.06. The van der Waals surface area contributed by atoms with Gasteiger partial charge in [-0.2, -0.15) is 5.10 Å². The highest BCUT2D eigenvalue weighted by atomic mass is 16.5. The van der Waals surface area contributed by atoms with Crippen LogP contribution in [0.5, 0.6) is 5.75 Å². The molecule has 1 aromatic heterocycles. The minimum Gasteiger partial charge on any atom is -0.484 e. The summed E-state index contributed by atoms with van der Waals surface area (Å²) in [5.74, 6) is 0.324. The van der Waals surface area contributed by atoms with Crippen LogP contribution in [-0.4, -0.2) is 18.7 Å². The molecule has 1 aromatic carbocycles.